The molecule has 0 aliphatic heterocycles. The molecule has 1 atom stereocenters. The predicted octanol–water partition coefficient (Wildman–Crippen LogP) is 3.55. The van der Waals surface area contributed by atoms with Crippen LogP contribution in [-0.2, 0) is 11.2 Å². The lowest BCUT2D eigenvalue weighted by molar-refractivity contribution is -0.118. The standard InChI is InChI=1S/C18H14ClN3O2/c1-11-6-15(19)8-16(17(11)23)22-18(24)14(10-21)7-12-2-4-13(9-20)5-3-12/h2-6,8,14,23H,7H2,1H3,(H,22,24). The average molecular weight is 340 g/mol. The van der Waals surface area contributed by atoms with E-state index in [1.54, 1.807) is 37.3 Å². The number of nitriles is 2. The normalized spacial score (nSPS) is 11.2. The first kappa shape index (κ1) is 17.3. The van der Waals surface area contributed by atoms with Crippen LogP contribution in [-0.4, -0.2) is 11.0 Å². The summed E-state index contributed by atoms with van der Waals surface area (Å²) in [6.45, 7) is 1.66. The average Bonchev–Trinajstić information content (AvgIpc) is 2.57. The molecule has 0 aliphatic carbocycles. The number of nitrogens with one attached hydrogen (secondary N) is 1. The van der Waals surface area contributed by atoms with Crippen molar-refractivity contribution in [1.29, 1.82) is 10.5 Å². The zero-order valence-corrected chi connectivity index (χ0v) is 13.6. The van der Waals surface area contributed by atoms with Gasteiger partial charge >= 0.3 is 0 Å². The van der Waals surface area contributed by atoms with Gasteiger partial charge in [-0.1, -0.05) is 23.7 Å². The van der Waals surface area contributed by atoms with Gasteiger partial charge in [0.1, 0.15) is 11.7 Å². The zero-order valence-electron chi connectivity index (χ0n) is 12.9. The minimum Gasteiger partial charge on any atom is -0.505 e. The van der Waals surface area contributed by atoms with Gasteiger partial charge in [-0.15, -0.1) is 0 Å². The smallest absolute Gasteiger partial charge is 0.242 e. The molecule has 2 aromatic carbocycles. The van der Waals surface area contributed by atoms with Gasteiger partial charge in [0.2, 0.25) is 5.91 Å². The highest BCUT2D eigenvalue weighted by Gasteiger charge is 2.20. The van der Waals surface area contributed by atoms with E-state index in [0.29, 0.717) is 16.1 Å². The summed E-state index contributed by atoms with van der Waals surface area (Å²) in [5, 5.41) is 30.9. The van der Waals surface area contributed by atoms with Crippen LogP contribution in [0.15, 0.2) is 36.4 Å². The lowest BCUT2D eigenvalue weighted by atomic mass is 9.99. The number of hydrogen-bond donors (Lipinski definition) is 2. The van der Waals surface area contributed by atoms with Crippen molar-refractivity contribution in [2.45, 2.75) is 13.3 Å². The van der Waals surface area contributed by atoms with Crippen LogP contribution in [0.5, 0.6) is 5.75 Å². The van der Waals surface area contributed by atoms with E-state index < -0.39 is 11.8 Å². The van der Waals surface area contributed by atoms with Crippen LogP contribution in [0.2, 0.25) is 5.02 Å². The van der Waals surface area contributed by atoms with E-state index in [0.717, 1.165) is 5.56 Å². The molecule has 6 heteroatoms. The molecule has 0 saturated heterocycles. The van der Waals surface area contributed by atoms with Crippen LogP contribution in [0.1, 0.15) is 16.7 Å². The Kier molecular flexibility index (Phi) is 5.42. The number of phenols is 1. The number of carbonyl (C=O) groups is 1. The summed E-state index contributed by atoms with van der Waals surface area (Å²) >= 11 is 5.92. The highest BCUT2D eigenvalue weighted by molar-refractivity contribution is 6.31. The molecule has 0 fully saturated rings. The number of benzene rings is 2. The van der Waals surface area contributed by atoms with Crippen molar-refractivity contribution >= 4 is 23.2 Å². The first-order valence-corrected chi connectivity index (χ1v) is 7.51. The van der Waals surface area contributed by atoms with E-state index in [2.05, 4.69) is 5.32 Å². The number of halogens is 1. The maximum atomic E-state index is 12.3. The molecule has 120 valence electrons. The van der Waals surface area contributed by atoms with Crippen LogP contribution in [0, 0.1) is 35.5 Å². The number of aromatic hydroxyl groups is 1. The van der Waals surface area contributed by atoms with Crippen molar-refractivity contribution in [3.63, 3.8) is 0 Å². The summed E-state index contributed by atoms with van der Waals surface area (Å²) in [4.78, 5) is 12.3. The number of amides is 1. The largest absolute Gasteiger partial charge is 0.505 e. The van der Waals surface area contributed by atoms with Crippen LogP contribution in [0.25, 0.3) is 0 Å². The number of carbonyl (C=O) groups excluding carboxylic acids is 1. The molecule has 1 amide bonds. The van der Waals surface area contributed by atoms with Crippen LogP contribution >= 0.6 is 11.6 Å². The van der Waals surface area contributed by atoms with Gasteiger partial charge < -0.3 is 10.4 Å². The maximum Gasteiger partial charge on any atom is 0.242 e. The highest BCUT2D eigenvalue weighted by Crippen LogP contribution is 2.31. The molecule has 0 radical (unpaired) electrons. The Labute approximate surface area is 144 Å². The van der Waals surface area contributed by atoms with Gasteiger partial charge in [0.05, 0.1) is 23.4 Å². The van der Waals surface area contributed by atoms with Gasteiger partial charge in [0.25, 0.3) is 0 Å². The molecular formula is C18H14ClN3O2. The van der Waals surface area contributed by atoms with Crippen LogP contribution in [0.3, 0.4) is 0 Å². The molecule has 5 nitrogen and oxygen atoms in total. The second-order valence-electron chi connectivity index (χ2n) is 5.30. The van der Waals surface area contributed by atoms with Crippen molar-refractivity contribution in [3.8, 4) is 17.9 Å². The lowest BCUT2D eigenvalue weighted by Crippen LogP contribution is -2.23. The van der Waals surface area contributed by atoms with E-state index in [9.17, 15) is 15.2 Å². The third kappa shape index (κ3) is 4.04. The van der Waals surface area contributed by atoms with Crippen LogP contribution in [0.4, 0.5) is 5.69 Å². The van der Waals surface area contributed by atoms with E-state index in [-0.39, 0.29) is 17.9 Å². The maximum absolute atomic E-state index is 12.3. The van der Waals surface area contributed by atoms with Gasteiger partial charge in [-0.05, 0) is 48.7 Å². The van der Waals surface area contributed by atoms with Crippen molar-refractivity contribution in [2.24, 2.45) is 5.92 Å². The monoisotopic (exact) mass is 339 g/mol. The molecular weight excluding hydrogens is 326 g/mol. The molecule has 0 aliphatic rings. The SMILES string of the molecule is Cc1cc(Cl)cc(NC(=O)C(C#N)Cc2ccc(C#N)cc2)c1O. The highest BCUT2D eigenvalue weighted by atomic mass is 35.5. The summed E-state index contributed by atoms with van der Waals surface area (Å²) in [6.07, 6.45) is 0.203. The van der Waals surface area contributed by atoms with E-state index in [1.165, 1.54) is 6.07 Å². The fourth-order valence-electron chi connectivity index (χ4n) is 2.20. The van der Waals surface area contributed by atoms with Crippen molar-refractivity contribution in [1.82, 2.24) is 0 Å². The fraction of sp³-hybridized carbons (Fsp3) is 0.167. The van der Waals surface area contributed by atoms with Gasteiger partial charge in [0.15, 0.2) is 0 Å². The summed E-state index contributed by atoms with van der Waals surface area (Å²) in [5.41, 5.74) is 1.97. The molecule has 0 saturated carbocycles. The second-order valence-corrected chi connectivity index (χ2v) is 5.74. The molecule has 0 aromatic heterocycles. The molecule has 1 unspecified atom stereocenters. The lowest BCUT2D eigenvalue weighted by Gasteiger charge is -2.13. The quantitative estimate of drug-likeness (QED) is 0.832. The number of rotatable bonds is 4. The number of aryl methyl sites for hydroxylation is 1. The third-order valence-corrected chi connectivity index (χ3v) is 3.74. The number of anilines is 1. The minimum absolute atomic E-state index is 0.0807. The molecule has 24 heavy (non-hydrogen) atoms. The summed E-state index contributed by atoms with van der Waals surface area (Å²) in [6, 6.07) is 13.6. The second kappa shape index (κ2) is 7.50. The Balaban J connectivity index is 2.15. The summed E-state index contributed by atoms with van der Waals surface area (Å²) in [7, 11) is 0. The van der Waals surface area contributed by atoms with Crippen molar-refractivity contribution in [2.75, 3.05) is 5.32 Å². The van der Waals surface area contributed by atoms with Crippen molar-refractivity contribution in [3.05, 3.63) is 58.1 Å². The first-order valence-electron chi connectivity index (χ1n) is 7.13. The Morgan fingerprint density at radius 2 is 1.96 bits per heavy atom. The molecule has 2 N–H and O–H groups in total. The van der Waals surface area contributed by atoms with E-state index in [4.69, 9.17) is 16.9 Å². The van der Waals surface area contributed by atoms with Crippen LogP contribution < -0.4 is 5.32 Å². The van der Waals surface area contributed by atoms with Gasteiger partial charge in [0, 0.05) is 5.02 Å². The molecule has 2 aromatic rings. The van der Waals surface area contributed by atoms with E-state index >= 15 is 0 Å². The van der Waals surface area contributed by atoms with E-state index in [1.807, 2.05) is 12.1 Å². The molecule has 0 spiro atoms. The molecule has 0 bridgehead atoms. The Morgan fingerprint density at radius 3 is 2.54 bits per heavy atom. The minimum atomic E-state index is -0.934. The Hall–Kier alpha value is -3.02. The predicted molar refractivity (Wildman–Crippen MR) is 90.4 cm³/mol. The number of nitrogens with zero attached hydrogens (tertiary/aromatic N) is 2. The first-order chi connectivity index (χ1) is 11.4. The summed E-state index contributed by atoms with van der Waals surface area (Å²) in [5.74, 6) is -1.54. The Morgan fingerprint density at radius 1 is 1.29 bits per heavy atom. The van der Waals surface area contributed by atoms with Gasteiger partial charge in [-0.2, -0.15) is 10.5 Å². The van der Waals surface area contributed by atoms with Gasteiger partial charge in [-0.25, -0.2) is 0 Å². The third-order valence-electron chi connectivity index (χ3n) is 3.52. The van der Waals surface area contributed by atoms with Crippen molar-refractivity contribution < 1.29 is 9.90 Å². The summed E-state index contributed by atoms with van der Waals surface area (Å²) < 4.78 is 0. The Bertz CT molecular complexity index is 848. The molecule has 2 rings (SSSR count). The number of hydrogen-bond acceptors (Lipinski definition) is 4. The topological polar surface area (TPSA) is 96.9 Å². The van der Waals surface area contributed by atoms with Gasteiger partial charge in [-0.3, -0.25) is 4.79 Å². The number of phenolic OH excluding ortho intramolecular Hbond substituents is 1. The zero-order chi connectivity index (χ0) is 17.7. The molecule has 0 heterocycles. The fourth-order valence-corrected chi connectivity index (χ4v) is 2.47.